The van der Waals surface area contributed by atoms with Gasteiger partial charge in [0, 0.05) is 38.6 Å². The Kier molecular flexibility index (Phi) is 8.54. The average Bonchev–Trinajstić information content (AvgIpc) is 2.69. The Bertz CT molecular complexity index is 820. The molecule has 1 aromatic rings. The minimum atomic E-state index is -5.24. The number of nitrogens with zero attached hydrogens (tertiary/aromatic N) is 2. The highest BCUT2D eigenvalue weighted by atomic mass is 32.2. The molecule has 1 atom stereocenters. The van der Waals surface area contributed by atoms with E-state index in [1.54, 1.807) is 0 Å². The summed E-state index contributed by atoms with van der Waals surface area (Å²) >= 11 is 0. The van der Waals surface area contributed by atoms with Crippen molar-refractivity contribution < 1.29 is 21.6 Å². The van der Waals surface area contributed by atoms with E-state index in [-0.39, 0.29) is 24.9 Å². The lowest BCUT2D eigenvalue weighted by Gasteiger charge is -2.31. The van der Waals surface area contributed by atoms with Gasteiger partial charge < -0.3 is 10.6 Å². The topological polar surface area (TPSA) is 73.8 Å². The number of aliphatic imine (C=N–C) groups is 1. The molecule has 1 fully saturated rings. The highest BCUT2D eigenvalue weighted by Crippen LogP contribution is 2.30. The Morgan fingerprint density at radius 1 is 1.27 bits per heavy atom. The van der Waals surface area contributed by atoms with Crippen molar-refractivity contribution in [3.05, 3.63) is 35.4 Å². The monoisotopic (exact) mass is 448 g/mol. The van der Waals surface area contributed by atoms with Gasteiger partial charge >= 0.3 is 15.5 Å². The van der Waals surface area contributed by atoms with Crippen molar-refractivity contribution in [2.24, 2.45) is 10.9 Å². The number of aryl methyl sites for hydroxylation is 1. The van der Waals surface area contributed by atoms with E-state index in [0.29, 0.717) is 42.7 Å². The predicted octanol–water partition coefficient (Wildman–Crippen LogP) is 3.22. The number of rotatable bonds is 7. The minimum Gasteiger partial charge on any atom is -0.357 e. The number of halogens is 3. The van der Waals surface area contributed by atoms with E-state index in [1.165, 1.54) is 11.1 Å². The van der Waals surface area contributed by atoms with E-state index in [4.69, 9.17) is 0 Å². The number of guanidine groups is 1. The molecule has 0 bridgehead atoms. The Morgan fingerprint density at radius 2 is 1.93 bits per heavy atom. The molecule has 0 aliphatic carbocycles. The van der Waals surface area contributed by atoms with Crippen LogP contribution in [0.2, 0.25) is 0 Å². The Hall–Kier alpha value is -1.81. The summed E-state index contributed by atoms with van der Waals surface area (Å²) < 4.78 is 61.6. The van der Waals surface area contributed by atoms with E-state index >= 15 is 0 Å². The first-order chi connectivity index (χ1) is 14.0. The molecule has 30 heavy (non-hydrogen) atoms. The summed E-state index contributed by atoms with van der Waals surface area (Å²) in [5.41, 5.74) is -2.82. The van der Waals surface area contributed by atoms with Crippen LogP contribution in [-0.2, 0) is 10.0 Å². The molecule has 1 aliphatic rings. The SMILES string of the molecule is CCNC(=NCC(C)c1cccc(C)c1)NCC1CCN(S(=O)(=O)C(F)(F)F)CC1. The lowest BCUT2D eigenvalue weighted by Crippen LogP contribution is -2.47. The highest BCUT2D eigenvalue weighted by Gasteiger charge is 2.50. The summed E-state index contributed by atoms with van der Waals surface area (Å²) in [6.45, 7) is 7.70. The smallest absolute Gasteiger partial charge is 0.357 e. The van der Waals surface area contributed by atoms with Gasteiger partial charge in [0.2, 0.25) is 0 Å². The number of piperidine rings is 1. The van der Waals surface area contributed by atoms with E-state index in [0.717, 1.165) is 0 Å². The summed E-state index contributed by atoms with van der Waals surface area (Å²) in [7, 11) is -5.23. The normalized spacial score (nSPS) is 18.3. The molecule has 2 rings (SSSR count). The molecular formula is C20H31F3N4O2S. The maximum Gasteiger partial charge on any atom is 0.511 e. The second-order valence-electron chi connectivity index (χ2n) is 7.71. The van der Waals surface area contributed by atoms with Crippen molar-refractivity contribution in [2.75, 3.05) is 32.7 Å². The van der Waals surface area contributed by atoms with Crippen LogP contribution in [0.3, 0.4) is 0 Å². The standard InChI is InChI=1S/C20H31F3N4O2S/c1-4-24-19(25-13-16(3)18-7-5-6-15(2)12-18)26-14-17-8-10-27(11-9-17)30(28,29)20(21,22)23/h5-7,12,16-17H,4,8-11,13-14H2,1-3H3,(H2,24,25,26). The van der Waals surface area contributed by atoms with E-state index in [9.17, 15) is 21.6 Å². The third-order valence-electron chi connectivity index (χ3n) is 5.24. The number of nitrogens with one attached hydrogen (secondary N) is 2. The zero-order valence-electron chi connectivity index (χ0n) is 17.7. The van der Waals surface area contributed by atoms with Crippen LogP contribution in [0, 0.1) is 12.8 Å². The average molecular weight is 449 g/mol. The van der Waals surface area contributed by atoms with Crippen LogP contribution in [0.4, 0.5) is 13.2 Å². The molecule has 0 spiro atoms. The first kappa shape index (κ1) is 24.5. The number of sulfonamides is 1. The number of hydrogen-bond donors (Lipinski definition) is 2. The van der Waals surface area contributed by atoms with Gasteiger partial charge in [0.1, 0.15) is 0 Å². The third-order valence-corrected chi connectivity index (χ3v) is 6.87. The summed E-state index contributed by atoms with van der Waals surface area (Å²) in [6, 6.07) is 8.30. The molecule has 0 amide bonds. The molecule has 1 heterocycles. The van der Waals surface area contributed by atoms with Crippen molar-refractivity contribution in [3.63, 3.8) is 0 Å². The van der Waals surface area contributed by atoms with Crippen molar-refractivity contribution in [2.45, 2.75) is 45.0 Å². The molecule has 1 unspecified atom stereocenters. The number of benzene rings is 1. The van der Waals surface area contributed by atoms with Crippen molar-refractivity contribution >= 4 is 16.0 Å². The molecule has 1 aliphatic heterocycles. The zero-order chi connectivity index (χ0) is 22.4. The fourth-order valence-corrected chi connectivity index (χ4v) is 4.38. The Labute approximate surface area is 177 Å². The van der Waals surface area contributed by atoms with Gasteiger partial charge in [-0.3, -0.25) is 4.99 Å². The first-order valence-corrected chi connectivity index (χ1v) is 11.6. The van der Waals surface area contributed by atoms with Gasteiger partial charge in [-0.05, 0) is 38.2 Å². The van der Waals surface area contributed by atoms with Crippen LogP contribution >= 0.6 is 0 Å². The van der Waals surface area contributed by atoms with Crippen molar-refractivity contribution in [3.8, 4) is 0 Å². The van der Waals surface area contributed by atoms with Gasteiger partial charge in [0.15, 0.2) is 5.96 Å². The van der Waals surface area contributed by atoms with E-state index in [1.807, 2.05) is 13.0 Å². The quantitative estimate of drug-likeness (QED) is 0.496. The summed E-state index contributed by atoms with van der Waals surface area (Å²) in [6.07, 6.45) is 0.753. The van der Waals surface area contributed by atoms with E-state index in [2.05, 4.69) is 47.7 Å². The van der Waals surface area contributed by atoms with Gasteiger partial charge in [-0.1, -0.05) is 36.8 Å². The molecule has 0 aromatic heterocycles. The maximum atomic E-state index is 12.7. The predicted molar refractivity (Wildman–Crippen MR) is 113 cm³/mol. The highest BCUT2D eigenvalue weighted by molar-refractivity contribution is 7.90. The Morgan fingerprint density at radius 3 is 2.50 bits per heavy atom. The summed E-state index contributed by atoms with van der Waals surface area (Å²) in [4.78, 5) is 4.63. The molecule has 1 saturated heterocycles. The van der Waals surface area contributed by atoms with Gasteiger partial charge in [-0.15, -0.1) is 0 Å². The zero-order valence-corrected chi connectivity index (χ0v) is 18.5. The summed E-state index contributed by atoms with van der Waals surface area (Å²) in [5.74, 6) is 0.987. The second-order valence-corrected chi connectivity index (χ2v) is 9.64. The van der Waals surface area contributed by atoms with Crippen molar-refractivity contribution in [1.29, 1.82) is 0 Å². The van der Waals surface area contributed by atoms with Crippen LogP contribution in [-0.4, -0.2) is 56.9 Å². The van der Waals surface area contributed by atoms with Gasteiger partial charge in [0.05, 0.1) is 0 Å². The molecule has 1 aromatic carbocycles. The molecule has 10 heteroatoms. The van der Waals surface area contributed by atoms with Crippen molar-refractivity contribution in [1.82, 2.24) is 14.9 Å². The minimum absolute atomic E-state index is 0.0859. The molecule has 6 nitrogen and oxygen atoms in total. The van der Waals surface area contributed by atoms with E-state index < -0.39 is 15.5 Å². The van der Waals surface area contributed by atoms with Crippen LogP contribution in [0.1, 0.15) is 43.7 Å². The third kappa shape index (κ3) is 6.60. The molecular weight excluding hydrogens is 417 g/mol. The number of alkyl halides is 3. The van der Waals surface area contributed by atoms with Crippen LogP contribution in [0.15, 0.2) is 29.3 Å². The fourth-order valence-electron chi connectivity index (χ4n) is 3.39. The molecule has 170 valence electrons. The van der Waals surface area contributed by atoms with Crippen LogP contribution in [0.25, 0.3) is 0 Å². The van der Waals surface area contributed by atoms with Gasteiger partial charge in [-0.2, -0.15) is 17.5 Å². The largest absolute Gasteiger partial charge is 0.511 e. The Balaban J connectivity index is 1.87. The van der Waals surface area contributed by atoms with Gasteiger partial charge in [-0.25, -0.2) is 8.42 Å². The maximum absolute atomic E-state index is 12.7. The molecule has 0 saturated carbocycles. The van der Waals surface area contributed by atoms with Gasteiger partial charge in [0.25, 0.3) is 0 Å². The second kappa shape index (κ2) is 10.5. The first-order valence-electron chi connectivity index (χ1n) is 10.2. The van der Waals surface area contributed by atoms with Crippen LogP contribution < -0.4 is 10.6 Å². The lowest BCUT2D eigenvalue weighted by molar-refractivity contribution is -0.0496. The molecule has 2 N–H and O–H groups in total. The number of hydrogen-bond acceptors (Lipinski definition) is 3. The summed E-state index contributed by atoms with van der Waals surface area (Å²) in [5, 5.41) is 6.42. The fraction of sp³-hybridized carbons (Fsp3) is 0.650. The molecule has 0 radical (unpaired) electrons. The lowest BCUT2D eigenvalue weighted by atomic mass is 9.98. The van der Waals surface area contributed by atoms with Crippen LogP contribution in [0.5, 0.6) is 0 Å².